The van der Waals surface area contributed by atoms with Crippen molar-refractivity contribution in [1.29, 1.82) is 0 Å². The van der Waals surface area contributed by atoms with E-state index in [0.717, 1.165) is 27.8 Å². The molecule has 6 N–H and O–H groups in total. The number of carbonyl (C=O) groups excluding carboxylic acids is 3. The molecule has 4 rings (SSSR count). The van der Waals surface area contributed by atoms with Crippen LogP contribution >= 0.6 is 31.9 Å². The molecule has 0 radical (unpaired) electrons. The van der Waals surface area contributed by atoms with Gasteiger partial charge < -0.3 is 30.2 Å². The van der Waals surface area contributed by atoms with Gasteiger partial charge in [-0.05, 0) is 80.0 Å². The Morgan fingerprint density at radius 1 is 0.667 bits per heavy atom. The molecule has 0 spiro atoms. The number of benzene rings is 2. The number of likely N-dealkylation sites (N-methyl/N-ethyl adjacent to an activating group) is 2. The normalized spacial score (nSPS) is 13.9. The van der Waals surface area contributed by atoms with E-state index in [9.17, 15) is 22.8 Å². The van der Waals surface area contributed by atoms with E-state index < -0.39 is 49.8 Å². The van der Waals surface area contributed by atoms with Crippen LogP contribution in [0.25, 0.3) is 0 Å². The maximum atomic E-state index is 12.3. The summed E-state index contributed by atoms with van der Waals surface area (Å²) in [5, 5.41) is 35.4. The van der Waals surface area contributed by atoms with Crippen LogP contribution in [0.15, 0.2) is 49.7 Å². The third kappa shape index (κ3) is 27.4. The standard InChI is InChI=1S/C14H19BrN2O2SSi.C9H6BrNO2.C5H15NOSSi.4C2H6O.CH4.Ti/c1-17-11-7-5-6-10(15)12(11)13(14(17)18)16-20(19)8-9-21(2,3)4;1-11-6-4-2-3-5(10)7(6)8(12)9(11)13;1-9(2,3)5-4-8(6)7;4*1-2-3;;/h5-7H,8-9H2,1-4H3;2-4H,1H3;4-6H2,1-3H3;4*3H,2H2,1H3;1H4;/t20-;;8-;;;;;;/m0.0....../s1. The van der Waals surface area contributed by atoms with Crippen molar-refractivity contribution in [1.82, 2.24) is 0 Å². The van der Waals surface area contributed by atoms with Crippen molar-refractivity contribution in [3.63, 3.8) is 0 Å². The number of carbonyl (C=O) groups is 3. The smallest absolute Gasteiger partial charge is 0.299 e. The van der Waals surface area contributed by atoms with Gasteiger partial charge in [0, 0.05) is 104 Å². The third-order valence-electron chi connectivity index (χ3n) is 6.45. The fourth-order valence-electron chi connectivity index (χ4n) is 3.82. The van der Waals surface area contributed by atoms with Crippen molar-refractivity contribution in [2.24, 2.45) is 9.54 Å². The largest absolute Gasteiger partial charge is 0.397 e. The van der Waals surface area contributed by atoms with E-state index in [1.54, 1.807) is 64.9 Å². The SMILES string of the molecule is C.CCO.CCO.CCO.CCO.CN1C(=O)C(=N[S@@](=O)CC[Si](C)(C)C)c2c(Br)cccc21.CN1C(=O)C(=O)c2c(Br)cccc21.C[Si](C)(C)CC[S@@](N)=O.[Ti]. The molecule has 20 heteroatoms. The van der Waals surface area contributed by atoms with E-state index in [1.165, 1.54) is 4.90 Å². The number of aliphatic hydroxyl groups is 4. The summed E-state index contributed by atoms with van der Waals surface area (Å²) < 4.78 is 28.3. The minimum absolute atomic E-state index is 0. The van der Waals surface area contributed by atoms with E-state index in [1.807, 2.05) is 18.2 Å². The monoisotopic (exact) mass is 1040 g/mol. The quantitative estimate of drug-likeness (QED) is 0.153. The molecule has 2 aliphatic heterocycles. The second-order valence-electron chi connectivity index (χ2n) is 13.8. The number of hydrogen-bond donors (Lipinski definition) is 5. The first-order valence-corrected chi connectivity index (χ1v) is 29.3. The summed E-state index contributed by atoms with van der Waals surface area (Å²) in [7, 11) is -1.37. The Kier molecular flexibility index (Phi) is 39.5. The van der Waals surface area contributed by atoms with Gasteiger partial charge in [0.05, 0.1) is 27.9 Å². The van der Waals surface area contributed by atoms with Gasteiger partial charge >= 0.3 is 0 Å². The van der Waals surface area contributed by atoms with Crippen molar-refractivity contribution in [2.45, 2.75) is 86.5 Å². The summed E-state index contributed by atoms with van der Waals surface area (Å²) in [5.41, 5.74) is 2.98. The van der Waals surface area contributed by atoms with E-state index in [-0.39, 0.29) is 61.5 Å². The molecular weight excluding hydrogens is 972 g/mol. The first-order chi connectivity index (χ1) is 25.4. The first-order valence-electron chi connectivity index (χ1n) is 17.6. The zero-order valence-electron chi connectivity index (χ0n) is 34.9. The molecule has 0 fully saturated rings. The van der Waals surface area contributed by atoms with E-state index >= 15 is 0 Å². The van der Waals surface area contributed by atoms with Crippen LogP contribution in [0.2, 0.25) is 51.4 Å². The van der Waals surface area contributed by atoms with Crippen LogP contribution < -0.4 is 14.9 Å². The van der Waals surface area contributed by atoms with Crippen molar-refractivity contribution >= 4 is 105 Å². The molecule has 2 atom stereocenters. The Hall–Kier alpha value is -1.07. The second kappa shape index (κ2) is 34.6. The number of Topliss-reactive ketones (excluding diaryl/α,β-unsaturated/α-hetero) is 1. The number of nitrogens with zero attached hydrogens (tertiary/aromatic N) is 3. The molecule has 2 amide bonds. The minimum atomic E-state index is -1.35. The first kappa shape index (κ1) is 65.1. The Labute approximate surface area is 381 Å². The molecule has 57 heavy (non-hydrogen) atoms. The summed E-state index contributed by atoms with van der Waals surface area (Å²) in [6.45, 7) is 21.2. The molecule has 2 heterocycles. The van der Waals surface area contributed by atoms with Gasteiger partial charge in [0.15, 0.2) is 0 Å². The number of halogens is 2. The molecule has 0 saturated carbocycles. The van der Waals surface area contributed by atoms with E-state index in [2.05, 4.69) is 75.5 Å². The third-order valence-corrected chi connectivity index (χ3v) is 13.5. The topological polar surface area (TPSA) is 211 Å². The molecule has 0 aliphatic carbocycles. The molecule has 328 valence electrons. The minimum Gasteiger partial charge on any atom is -0.397 e. The molecule has 2 aliphatic rings. The average molecular weight is 1040 g/mol. The predicted octanol–water partition coefficient (Wildman–Crippen LogP) is 6.40. The van der Waals surface area contributed by atoms with E-state index in [0.29, 0.717) is 32.9 Å². The second-order valence-corrected chi connectivity index (χ2v) is 29.1. The summed E-state index contributed by atoms with van der Waals surface area (Å²) in [5.74, 6) is 0.0938. The molecule has 13 nitrogen and oxygen atoms in total. The number of ketones is 1. The number of rotatable bonds is 7. The molecule has 0 unspecified atom stereocenters. The zero-order valence-corrected chi connectivity index (χ0v) is 43.3. The van der Waals surface area contributed by atoms with Crippen LogP contribution in [0.5, 0.6) is 0 Å². The number of anilines is 2. The maximum absolute atomic E-state index is 12.3. The maximum Gasteiger partial charge on any atom is 0.299 e. The fourth-order valence-corrected chi connectivity index (χ4v) is 11.8. The number of aliphatic hydroxyl groups excluding tert-OH is 4. The van der Waals surface area contributed by atoms with Crippen LogP contribution in [-0.4, -0.2) is 120 Å². The van der Waals surface area contributed by atoms with Gasteiger partial charge in [-0.3, -0.25) is 19.5 Å². The van der Waals surface area contributed by atoms with Gasteiger partial charge in [0.2, 0.25) is 0 Å². The summed E-state index contributed by atoms with van der Waals surface area (Å²) in [6.07, 6.45) is 0. The Bertz CT molecular complexity index is 1560. The summed E-state index contributed by atoms with van der Waals surface area (Å²) in [4.78, 5) is 37.9. The van der Waals surface area contributed by atoms with Gasteiger partial charge in [-0.1, -0.05) is 74.8 Å². The predicted molar refractivity (Wildman–Crippen MR) is 250 cm³/mol. The van der Waals surface area contributed by atoms with Crippen LogP contribution in [-0.2, 0) is 53.3 Å². The van der Waals surface area contributed by atoms with Gasteiger partial charge in [-0.25, -0.2) is 8.42 Å². The van der Waals surface area contributed by atoms with Crippen molar-refractivity contribution in [3.05, 3.63) is 56.5 Å². The van der Waals surface area contributed by atoms with E-state index in [4.69, 9.17) is 25.6 Å². The fraction of sp³-hybridized carbons (Fsp3) is 0.568. The van der Waals surface area contributed by atoms with Gasteiger partial charge in [-0.15, -0.1) is 0 Å². The van der Waals surface area contributed by atoms with Crippen LogP contribution in [0.3, 0.4) is 0 Å². The van der Waals surface area contributed by atoms with Gasteiger partial charge in [-0.2, -0.15) is 4.40 Å². The summed E-state index contributed by atoms with van der Waals surface area (Å²) in [6, 6.07) is 12.9. The molecule has 0 saturated heterocycles. The number of fused-ring (bicyclic) bond motifs is 2. The number of hydrogen-bond acceptors (Lipinski definition) is 9. The number of nitrogens with two attached hydrogens (primary N) is 1. The number of amides is 2. The van der Waals surface area contributed by atoms with Crippen molar-refractivity contribution in [3.8, 4) is 0 Å². The van der Waals surface area contributed by atoms with Crippen molar-refractivity contribution in [2.75, 3.05) is 61.8 Å². The summed E-state index contributed by atoms with van der Waals surface area (Å²) >= 11 is 6.69. The van der Waals surface area contributed by atoms with Crippen LogP contribution in [0.1, 0.15) is 51.0 Å². The molecular formula is C37H68Br2N4O9S2Si2Ti. The Morgan fingerprint density at radius 2 is 1.00 bits per heavy atom. The van der Waals surface area contributed by atoms with Crippen LogP contribution in [0.4, 0.5) is 11.4 Å². The van der Waals surface area contributed by atoms with Crippen molar-refractivity contribution < 1.29 is 64.9 Å². The van der Waals surface area contributed by atoms with Crippen LogP contribution in [0, 0.1) is 0 Å². The zero-order chi connectivity index (χ0) is 43.7. The van der Waals surface area contributed by atoms with Gasteiger partial charge in [0.25, 0.3) is 17.6 Å². The molecule has 0 bridgehead atoms. The Balaban J connectivity index is -0.000000216. The molecule has 2 aromatic rings. The Morgan fingerprint density at radius 3 is 1.33 bits per heavy atom. The van der Waals surface area contributed by atoms with Gasteiger partial charge in [0.1, 0.15) is 16.7 Å². The molecule has 2 aromatic carbocycles. The molecule has 0 aromatic heterocycles. The average Bonchev–Trinajstić information content (AvgIpc) is 3.45.